The molecule has 3 heterocycles. The highest BCUT2D eigenvalue weighted by atomic mass is 16.1. The summed E-state index contributed by atoms with van der Waals surface area (Å²) in [5.74, 6) is 0.345. The number of ketones is 1. The normalized spacial score (nSPS) is 16.9. The van der Waals surface area contributed by atoms with Crippen molar-refractivity contribution >= 4 is 16.7 Å². The average Bonchev–Trinajstić information content (AvgIpc) is 3.29. The van der Waals surface area contributed by atoms with Gasteiger partial charge in [-0.15, -0.1) is 0 Å². The van der Waals surface area contributed by atoms with Crippen LogP contribution in [0.15, 0.2) is 35.1 Å². The Bertz CT molecular complexity index is 1080. The molecule has 140 valence electrons. The van der Waals surface area contributed by atoms with Crippen molar-refractivity contribution in [2.75, 3.05) is 13.1 Å². The van der Waals surface area contributed by atoms with Gasteiger partial charge in [0.2, 0.25) is 0 Å². The number of carbonyl (C=O) groups excluding carboxylic acids is 1. The van der Waals surface area contributed by atoms with Gasteiger partial charge in [-0.2, -0.15) is 0 Å². The van der Waals surface area contributed by atoms with Crippen LogP contribution in [0.2, 0.25) is 0 Å². The zero-order valence-electron chi connectivity index (χ0n) is 16.1. The highest BCUT2D eigenvalue weighted by Crippen LogP contribution is 2.31. The summed E-state index contributed by atoms with van der Waals surface area (Å²) in [4.78, 5) is 27.0. The first-order valence-corrected chi connectivity index (χ1v) is 9.57. The predicted octanol–water partition coefficient (Wildman–Crippen LogP) is 3.38. The monoisotopic (exact) mass is 363 g/mol. The van der Waals surface area contributed by atoms with Crippen LogP contribution >= 0.6 is 0 Å². The lowest BCUT2D eigenvalue weighted by Crippen LogP contribution is -2.18. The lowest BCUT2D eigenvalue weighted by Gasteiger charge is -2.11. The molecule has 27 heavy (non-hydrogen) atoms. The second-order valence-electron chi connectivity index (χ2n) is 7.41. The number of benzene rings is 1. The molecule has 0 bridgehead atoms. The average molecular weight is 363 g/mol. The number of Topliss-reactive ketones (excluding diaryl/α,β-unsaturated/α-hetero) is 1. The van der Waals surface area contributed by atoms with Crippen molar-refractivity contribution < 1.29 is 4.79 Å². The summed E-state index contributed by atoms with van der Waals surface area (Å²) in [6.07, 6.45) is 1.91. The molecule has 1 saturated heterocycles. The van der Waals surface area contributed by atoms with Crippen LogP contribution in [0.5, 0.6) is 0 Å². The molecule has 5 nitrogen and oxygen atoms in total. The Hall–Kier alpha value is -2.66. The standard InChI is InChI=1S/C22H25N3O2/c1-4-14-10-18(13(2)26)22(27)24-21(14)15-5-6-19-17(9-15)11-20(25(19)3)16-7-8-23-12-16/h5-6,9-11,16,23H,4,7-8,12H2,1-3H3,(H,24,27). The topological polar surface area (TPSA) is 66.9 Å². The maximum atomic E-state index is 12.3. The molecule has 0 spiro atoms. The highest BCUT2D eigenvalue weighted by Gasteiger charge is 2.21. The lowest BCUT2D eigenvalue weighted by molar-refractivity contribution is 0.101. The Morgan fingerprint density at radius 1 is 1.26 bits per heavy atom. The van der Waals surface area contributed by atoms with E-state index in [0.717, 1.165) is 42.8 Å². The zero-order chi connectivity index (χ0) is 19.1. The van der Waals surface area contributed by atoms with E-state index in [1.165, 1.54) is 23.5 Å². The number of aromatic nitrogens is 2. The van der Waals surface area contributed by atoms with E-state index >= 15 is 0 Å². The van der Waals surface area contributed by atoms with Gasteiger partial charge in [-0.25, -0.2) is 0 Å². The Morgan fingerprint density at radius 2 is 2.07 bits per heavy atom. The largest absolute Gasteiger partial charge is 0.347 e. The Morgan fingerprint density at radius 3 is 2.74 bits per heavy atom. The minimum Gasteiger partial charge on any atom is -0.347 e. The summed E-state index contributed by atoms with van der Waals surface area (Å²) in [7, 11) is 2.12. The number of nitrogens with zero attached hydrogens (tertiary/aromatic N) is 1. The Balaban J connectivity index is 1.84. The summed E-state index contributed by atoms with van der Waals surface area (Å²) in [6, 6.07) is 10.3. The molecule has 2 N–H and O–H groups in total. The summed E-state index contributed by atoms with van der Waals surface area (Å²) in [5, 5.41) is 4.61. The quantitative estimate of drug-likeness (QED) is 0.699. The molecule has 0 radical (unpaired) electrons. The molecule has 5 heteroatoms. The van der Waals surface area contributed by atoms with Gasteiger partial charge in [-0.1, -0.05) is 13.0 Å². The number of hydrogen-bond donors (Lipinski definition) is 2. The fourth-order valence-corrected chi connectivity index (χ4v) is 4.20. The molecule has 1 aliphatic rings. The van der Waals surface area contributed by atoms with Gasteiger partial charge < -0.3 is 14.9 Å². The van der Waals surface area contributed by atoms with Gasteiger partial charge in [0.25, 0.3) is 5.56 Å². The van der Waals surface area contributed by atoms with E-state index in [1.54, 1.807) is 6.07 Å². The number of hydrogen-bond acceptors (Lipinski definition) is 3. The van der Waals surface area contributed by atoms with Crippen LogP contribution in [0.25, 0.3) is 22.2 Å². The van der Waals surface area contributed by atoms with Gasteiger partial charge >= 0.3 is 0 Å². The number of pyridine rings is 1. The van der Waals surface area contributed by atoms with Crippen LogP contribution in [0.1, 0.15) is 47.8 Å². The molecular formula is C22H25N3O2. The maximum Gasteiger partial charge on any atom is 0.259 e. The molecule has 4 rings (SSSR count). The van der Waals surface area contributed by atoms with E-state index in [4.69, 9.17) is 0 Å². The molecule has 1 aliphatic heterocycles. The van der Waals surface area contributed by atoms with Crippen molar-refractivity contribution in [2.24, 2.45) is 7.05 Å². The third-order valence-electron chi connectivity index (χ3n) is 5.73. The third-order valence-corrected chi connectivity index (χ3v) is 5.73. The molecule has 0 amide bonds. The van der Waals surface area contributed by atoms with Gasteiger partial charge in [0.1, 0.15) is 0 Å². The number of carbonyl (C=O) groups is 1. The molecule has 1 aromatic carbocycles. The molecule has 0 aliphatic carbocycles. The summed E-state index contributed by atoms with van der Waals surface area (Å²) >= 11 is 0. The minimum absolute atomic E-state index is 0.203. The number of fused-ring (bicyclic) bond motifs is 1. The highest BCUT2D eigenvalue weighted by molar-refractivity contribution is 5.94. The fourth-order valence-electron chi connectivity index (χ4n) is 4.20. The number of aromatic amines is 1. The molecule has 0 saturated carbocycles. The molecule has 1 unspecified atom stereocenters. The van der Waals surface area contributed by atoms with Crippen molar-refractivity contribution in [3.8, 4) is 11.3 Å². The van der Waals surface area contributed by atoms with E-state index in [-0.39, 0.29) is 16.9 Å². The van der Waals surface area contributed by atoms with Crippen LogP contribution in [-0.2, 0) is 13.5 Å². The van der Waals surface area contributed by atoms with E-state index in [1.807, 2.05) is 6.92 Å². The van der Waals surface area contributed by atoms with E-state index in [0.29, 0.717) is 5.92 Å². The van der Waals surface area contributed by atoms with Gasteiger partial charge in [0.15, 0.2) is 5.78 Å². The first kappa shape index (κ1) is 17.7. The van der Waals surface area contributed by atoms with Crippen LogP contribution in [-0.4, -0.2) is 28.4 Å². The van der Waals surface area contributed by atoms with Crippen molar-refractivity contribution in [3.05, 3.63) is 57.5 Å². The smallest absolute Gasteiger partial charge is 0.259 e. The summed E-state index contributed by atoms with van der Waals surface area (Å²) in [6.45, 7) is 5.56. The SMILES string of the molecule is CCc1cc(C(C)=O)c(=O)[nH]c1-c1ccc2c(c1)cc(C1CCNC1)n2C. The van der Waals surface area contributed by atoms with Gasteiger partial charge in [-0.3, -0.25) is 9.59 Å². The molecule has 3 aromatic rings. The van der Waals surface area contributed by atoms with Crippen molar-refractivity contribution in [3.63, 3.8) is 0 Å². The second kappa shape index (κ2) is 6.82. The lowest BCUT2D eigenvalue weighted by atomic mass is 10.00. The maximum absolute atomic E-state index is 12.3. The van der Waals surface area contributed by atoms with Crippen molar-refractivity contribution in [1.29, 1.82) is 0 Å². The molecular weight excluding hydrogens is 338 g/mol. The summed E-state index contributed by atoms with van der Waals surface area (Å²) in [5.41, 5.74) is 5.23. The van der Waals surface area contributed by atoms with E-state index in [2.05, 4.69) is 46.2 Å². The van der Waals surface area contributed by atoms with E-state index < -0.39 is 0 Å². The Kier molecular flexibility index (Phi) is 4.48. The number of aryl methyl sites for hydroxylation is 2. The Labute approximate surface area is 158 Å². The second-order valence-corrected chi connectivity index (χ2v) is 7.41. The van der Waals surface area contributed by atoms with Gasteiger partial charge in [0.05, 0.1) is 11.3 Å². The zero-order valence-corrected chi connectivity index (χ0v) is 16.1. The number of nitrogens with one attached hydrogen (secondary N) is 2. The van der Waals surface area contributed by atoms with Crippen LogP contribution in [0.3, 0.4) is 0 Å². The predicted molar refractivity (Wildman–Crippen MR) is 109 cm³/mol. The van der Waals surface area contributed by atoms with Gasteiger partial charge in [-0.05, 0) is 61.7 Å². The third kappa shape index (κ3) is 3.02. The van der Waals surface area contributed by atoms with Crippen LogP contribution < -0.4 is 10.9 Å². The van der Waals surface area contributed by atoms with Gasteiger partial charge in [0, 0.05) is 36.1 Å². The minimum atomic E-state index is -0.319. The van der Waals surface area contributed by atoms with Crippen LogP contribution in [0.4, 0.5) is 0 Å². The number of rotatable bonds is 4. The summed E-state index contributed by atoms with van der Waals surface area (Å²) < 4.78 is 2.28. The van der Waals surface area contributed by atoms with E-state index in [9.17, 15) is 9.59 Å². The molecule has 1 fully saturated rings. The molecule has 2 aromatic heterocycles. The fraction of sp³-hybridized carbons (Fsp3) is 0.364. The van der Waals surface area contributed by atoms with Crippen molar-refractivity contribution in [1.82, 2.24) is 14.9 Å². The first-order chi connectivity index (χ1) is 13.0. The first-order valence-electron chi connectivity index (χ1n) is 9.57. The molecule has 1 atom stereocenters. The number of H-pyrrole nitrogens is 1. The van der Waals surface area contributed by atoms with Crippen molar-refractivity contribution in [2.45, 2.75) is 32.6 Å². The van der Waals surface area contributed by atoms with Crippen LogP contribution in [0, 0.1) is 0 Å².